The molecule has 0 unspecified atom stereocenters. The number of carbonyl (C=O) groups excluding carboxylic acids is 7. The van der Waals surface area contributed by atoms with Gasteiger partial charge in [-0.1, -0.05) is 34.6 Å². The molecule has 1 aliphatic heterocycles. The Morgan fingerprint density at radius 1 is 0.840 bits per heavy atom. The van der Waals surface area contributed by atoms with Crippen molar-refractivity contribution in [3.8, 4) is 0 Å². The van der Waals surface area contributed by atoms with Crippen LogP contribution in [0.5, 0.6) is 0 Å². The van der Waals surface area contributed by atoms with E-state index in [0.29, 0.717) is 6.42 Å². The van der Waals surface area contributed by atoms with Gasteiger partial charge in [-0.05, 0) is 65.3 Å². The third-order valence-corrected chi connectivity index (χ3v) is 8.40. The number of likely N-dealkylation sites (tertiary alicyclic amines) is 1. The molecule has 0 aromatic heterocycles. The van der Waals surface area contributed by atoms with Crippen LogP contribution in [0.2, 0.25) is 0 Å². The van der Waals surface area contributed by atoms with Gasteiger partial charge in [0.25, 0.3) is 0 Å². The van der Waals surface area contributed by atoms with E-state index in [9.17, 15) is 33.6 Å². The maximum atomic E-state index is 13.7. The first-order valence-corrected chi connectivity index (χ1v) is 17.1. The standard InChI is InChI=1S/C33H60N10O7/c1-18(2)23(44)17-38-30(50)33(8,9)42-27(47)20(12-10-14-37-31(35)36)39-26(46)21(16-24(34)45)40-29(49)25(32(5,6)7)41-28(48)22-13-11-15-43(22)19(3)4/h18-22,25H,10-17H2,1-9H3,(H2,34,45)(H,38,50)(H,39,46)(H,40,49)(H,41,48)(H,42,47)(H4,35,36,37)/t20-,21-,22-,25+/m1/s1. The van der Waals surface area contributed by atoms with Crippen LogP contribution >= 0.6 is 0 Å². The molecular weight excluding hydrogens is 648 g/mol. The first kappa shape index (κ1) is 43.7. The summed E-state index contributed by atoms with van der Waals surface area (Å²) in [7, 11) is 0. The molecule has 0 aromatic rings. The normalized spacial score (nSPS) is 16.9. The van der Waals surface area contributed by atoms with Crippen LogP contribution in [-0.2, 0) is 33.6 Å². The van der Waals surface area contributed by atoms with Crippen LogP contribution in [0.15, 0.2) is 0 Å². The number of guanidine groups is 1. The summed E-state index contributed by atoms with van der Waals surface area (Å²) in [5.74, 6) is -5.03. The average Bonchev–Trinajstić information content (AvgIpc) is 3.48. The van der Waals surface area contributed by atoms with E-state index in [1.54, 1.807) is 34.6 Å². The summed E-state index contributed by atoms with van der Waals surface area (Å²) in [6.45, 7) is 16.2. The highest BCUT2D eigenvalue weighted by Gasteiger charge is 2.40. The molecule has 17 nitrogen and oxygen atoms in total. The number of Topliss-reactive ketones (excluding diaryl/α,β-unsaturated/α-hetero) is 1. The number of nitrogens with one attached hydrogen (secondary N) is 7. The molecule has 1 saturated heterocycles. The van der Waals surface area contributed by atoms with Crippen LogP contribution in [-0.4, -0.2) is 107 Å². The van der Waals surface area contributed by atoms with Crippen molar-refractivity contribution in [3.05, 3.63) is 0 Å². The summed E-state index contributed by atoms with van der Waals surface area (Å²) < 4.78 is 0. The zero-order valence-electron chi connectivity index (χ0n) is 31.1. The molecule has 50 heavy (non-hydrogen) atoms. The lowest BCUT2D eigenvalue weighted by molar-refractivity contribution is -0.138. The third kappa shape index (κ3) is 14.3. The molecule has 11 N–H and O–H groups in total. The van der Waals surface area contributed by atoms with E-state index in [0.717, 1.165) is 13.0 Å². The summed E-state index contributed by atoms with van der Waals surface area (Å²) in [5, 5.41) is 23.0. The van der Waals surface area contributed by atoms with Crippen molar-refractivity contribution in [1.29, 1.82) is 5.41 Å². The Balaban J connectivity index is 3.22. The van der Waals surface area contributed by atoms with Gasteiger partial charge in [-0.2, -0.15) is 0 Å². The van der Waals surface area contributed by atoms with Gasteiger partial charge in [-0.25, -0.2) is 0 Å². The van der Waals surface area contributed by atoms with Gasteiger partial charge in [-0.3, -0.25) is 43.9 Å². The molecule has 6 amide bonds. The van der Waals surface area contributed by atoms with Gasteiger partial charge in [0, 0.05) is 18.5 Å². The van der Waals surface area contributed by atoms with Crippen molar-refractivity contribution >= 4 is 47.2 Å². The van der Waals surface area contributed by atoms with Crippen molar-refractivity contribution in [2.24, 2.45) is 22.8 Å². The predicted octanol–water partition coefficient (Wildman–Crippen LogP) is -1.27. The molecule has 0 aliphatic carbocycles. The molecule has 1 aliphatic rings. The van der Waals surface area contributed by atoms with E-state index in [1.165, 1.54) is 13.8 Å². The molecular formula is C33H60N10O7. The summed E-state index contributed by atoms with van der Waals surface area (Å²) in [4.78, 5) is 93.2. The molecule has 0 radical (unpaired) electrons. The fourth-order valence-corrected chi connectivity index (χ4v) is 5.38. The van der Waals surface area contributed by atoms with E-state index >= 15 is 0 Å². The minimum absolute atomic E-state index is 0.00698. The minimum atomic E-state index is -1.51. The number of amides is 6. The second-order valence-corrected chi connectivity index (χ2v) is 15.0. The first-order valence-electron chi connectivity index (χ1n) is 17.1. The average molecular weight is 709 g/mol. The number of nitrogens with zero attached hydrogens (tertiary/aromatic N) is 1. The van der Waals surface area contributed by atoms with Gasteiger partial charge >= 0.3 is 0 Å². The molecule has 0 spiro atoms. The van der Waals surface area contributed by atoms with Crippen molar-refractivity contribution in [1.82, 2.24) is 36.8 Å². The van der Waals surface area contributed by atoms with E-state index in [-0.39, 0.29) is 55.5 Å². The van der Waals surface area contributed by atoms with Gasteiger partial charge in [0.15, 0.2) is 11.7 Å². The maximum absolute atomic E-state index is 13.7. The number of hydrogen-bond donors (Lipinski definition) is 9. The summed E-state index contributed by atoms with van der Waals surface area (Å²) in [6.07, 6.45) is 1.11. The Morgan fingerprint density at radius 3 is 1.96 bits per heavy atom. The number of carbonyl (C=O) groups is 7. The molecule has 284 valence electrons. The lowest BCUT2D eigenvalue weighted by Gasteiger charge is -2.34. The minimum Gasteiger partial charge on any atom is -0.370 e. The van der Waals surface area contributed by atoms with E-state index in [2.05, 4.69) is 36.8 Å². The topological polar surface area (TPSA) is 271 Å². The van der Waals surface area contributed by atoms with Gasteiger partial charge in [0.05, 0.1) is 19.0 Å². The SMILES string of the molecule is CC(C)C(=O)CNC(=O)C(C)(C)NC(=O)[C@@H](CCCNC(=N)N)NC(=O)[C@@H](CC(N)=O)NC(=O)[C@H](NC(=O)[C@H]1CCCN1C(C)C)C(C)(C)C. The molecule has 1 rings (SSSR count). The second kappa shape index (κ2) is 19.2. The van der Waals surface area contributed by atoms with Crippen molar-refractivity contribution < 1.29 is 33.6 Å². The zero-order valence-corrected chi connectivity index (χ0v) is 31.1. The van der Waals surface area contributed by atoms with E-state index in [1.807, 2.05) is 13.8 Å². The molecule has 1 heterocycles. The molecule has 17 heteroatoms. The van der Waals surface area contributed by atoms with Crippen LogP contribution < -0.4 is 43.4 Å². The maximum Gasteiger partial charge on any atom is 0.245 e. The number of hydrogen-bond acceptors (Lipinski definition) is 9. The van der Waals surface area contributed by atoms with Crippen LogP contribution in [0, 0.1) is 16.7 Å². The fraction of sp³-hybridized carbons (Fsp3) is 0.758. The highest BCUT2D eigenvalue weighted by atomic mass is 16.2. The quantitative estimate of drug-likeness (QED) is 0.0436. The Kier molecular flexibility index (Phi) is 16.8. The molecule has 4 atom stereocenters. The Bertz CT molecular complexity index is 1260. The molecule has 1 fully saturated rings. The van der Waals surface area contributed by atoms with Crippen molar-refractivity contribution in [2.75, 3.05) is 19.6 Å². The van der Waals surface area contributed by atoms with E-state index in [4.69, 9.17) is 16.9 Å². The fourth-order valence-electron chi connectivity index (χ4n) is 5.38. The lowest BCUT2D eigenvalue weighted by atomic mass is 9.85. The number of ketones is 1. The van der Waals surface area contributed by atoms with Crippen molar-refractivity contribution in [2.45, 2.75) is 130 Å². The van der Waals surface area contributed by atoms with Gasteiger partial charge in [0.1, 0.15) is 23.7 Å². The molecule has 0 aromatic carbocycles. The predicted molar refractivity (Wildman–Crippen MR) is 188 cm³/mol. The van der Waals surface area contributed by atoms with Crippen molar-refractivity contribution in [3.63, 3.8) is 0 Å². The van der Waals surface area contributed by atoms with Crippen LogP contribution in [0.4, 0.5) is 0 Å². The monoisotopic (exact) mass is 708 g/mol. The highest BCUT2D eigenvalue weighted by molar-refractivity contribution is 5.98. The zero-order chi connectivity index (χ0) is 38.6. The summed E-state index contributed by atoms with van der Waals surface area (Å²) >= 11 is 0. The second-order valence-electron chi connectivity index (χ2n) is 15.0. The largest absolute Gasteiger partial charge is 0.370 e. The Hall–Kier alpha value is -4.28. The first-order chi connectivity index (χ1) is 23.0. The molecule has 0 bridgehead atoms. The third-order valence-electron chi connectivity index (χ3n) is 8.40. The number of primary amides is 1. The van der Waals surface area contributed by atoms with Crippen LogP contribution in [0.1, 0.15) is 94.4 Å². The number of rotatable bonds is 19. The van der Waals surface area contributed by atoms with Gasteiger partial charge < -0.3 is 43.4 Å². The van der Waals surface area contributed by atoms with Gasteiger partial charge in [-0.15, -0.1) is 0 Å². The van der Waals surface area contributed by atoms with Crippen LogP contribution in [0.3, 0.4) is 0 Å². The Labute approximate surface area is 295 Å². The highest BCUT2D eigenvalue weighted by Crippen LogP contribution is 2.24. The Morgan fingerprint density at radius 2 is 1.44 bits per heavy atom. The van der Waals surface area contributed by atoms with Gasteiger partial charge in [0.2, 0.25) is 35.4 Å². The molecule has 0 saturated carbocycles. The van der Waals surface area contributed by atoms with Crippen LogP contribution in [0.25, 0.3) is 0 Å². The number of nitrogens with two attached hydrogens (primary N) is 2. The summed E-state index contributed by atoms with van der Waals surface area (Å²) in [6, 6.07) is -4.17. The lowest BCUT2D eigenvalue weighted by Crippen LogP contribution is -2.62. The smallest absolute Gasteiger partial charge is 0.245 e. The summed E-state index contributed by atoms with van der Waals surface area (Å²) in [5.41, 5.74) is 8.49. The van der Waals surface area contributed by atoms with E-state index < -0.39 is 71.1 Å².